The molecule has 0 atom stereocenters. The van der Waals surface area contributed by atoms with Gasteiger partial charge in [-0.3, -0.25) is 0 Å². The number of pyridine rings is 1. The average molecular weight is 302 g/mol. The van der Waals surface area contributed by atoms with Crippen LogP contribution in [-0.4, -0.2) is 14.7 Å². The molecule has 0 unspecified atom stereocenters. The molecule has 0 aliphatic carbocycles. The fraction of sp³-hybridized carbons (Fsp3) is 0.235. The second kappa shape index (κ2) is 5.50. The molecule has 1 N–H and O–H groups in total. The van der Waals surface area contributed by atoms with E-state index in [4.69, 9.17) is 0 Å². The number of hydrogen-bond acceptors (Lipinski definition) is 2. The number of nitrogens with zero attached hydrogens (tertiary/aromatic N) is 2. The Balaban J connectivity index is 2.06. The number of aryl methyl sites for hydroxylation is 2. The Kier molecular flexibility index (Phi) is 3.66. The predicted octanol–water partition coefficient (Wildman–Crippen LogP) is 3.47. The Labute approximate surface area is 126 Å². The lowest BCUT2D eigenvalue weighted by molar-refractivity contribution is 0.280. The second-order valence-electron chi connectivity index (χ2n) is 5.39. The van der Waals surface area contributed by atoms with E-state index in [-0.39, 0.29) is 6.61 Å². The first-order valence-corrected chi connectivity index (χ1v) is 7.01. The number of halogens is 2. The summed E-state index contributed by atoms with van der Waals surface area (Å²) in [6.07, 6.45) is 1.87. The Morgan fingerprint density at radius 1 is 1.14 bits per heavy atom. The molecule has 0 radical (unpaired) electrons. The minimum atomic E-state index is -0.850. The van der Waals surface area contributed by atoms with Crippen molar-refractivity contribution in [3.63, 3.8) is 0 Å². The molecule has 22 heavy (non-hydrogen) atoms. The maximum Gasteiger partial charge on any atom is 0.159 e. The number of fused-ring (bicyclic) bond motifs is 1. The third kappa shape index (κ3) is 2.37. The van der Waals surface area contributed by atoms with E-state index in [2.05, 4.69) is 4.98 Å². The normalized spacial score (nSPS) is 11.3. The third-order valence-corrected chi connectivity index (χ3v) is 4.00. The van der Waals surface area contributed by atoms with Crippen LogP contribution in [0.1, 0.15) is 22.4 Å². The Bertz CT molecular complexity index is 855. The van der Waals surface area contributed by atoms with Gasteiger partial charge in [0.15, 0.2) is 11.6 Å². The van der Waals surface area contributed by atoms with Gasteiger partial charge in [0.1, 0.15) is 5.65 Å². The molecule has 3 aromatic rings. The van der Waals surface area contributed by atoms with Crippen LogP contribution in [0, 0.1) is 25.5 Å². The Morgan fingerprint density at radius 2 is 1.91 bits per heavy atom. The molecule has 0 fully saturated rings. The summed E-state index contributed by atoms with van der Waals surface area (Å²) in [5.41, 5.74) is 4.04. The number of benzene rings is 1. The van der Waals surface area contributed by atoms with Crippen molar-refractivity contribution < 1.29 is 13.9 Å². The first-order chi connectivity index (χ1) is 10.5. The van der Waals surface area contributed by atoms with E-state index in [0.29, 0.717) is 12.1 Å². The lowest BCUT2D eigenvalue weighted by Gasteiger charge is -2.10. The van der Waals surface area contributed by atoms with Crippen LogP contribution < -0.4 is 0 Å². The first kappa shape index (κ1) is 14.7. The molecule has 2 heterocycles. The smallest absolute Gasteiger partial charge is 0.159 e. The zero-order valence-electron chi connectivity index (χ0n) is 12.4. The van der Waals surface area contributed by atoms with Crippen molar-refractivity contribution in [2.75, 3.05) is 0 Å². The number of hydrogen-bond donors (Lipinski definition) is 1. The zero-order valence-corrected chi connectivity index (χ0v) is 12.4. The van der Waals surface area contributed by atoms with Crippen molar-refractivity contribution in [3.8, 4) is 0 Å². The van der Waals surface area contributed by atoms with Crippen molar-refractivity contribution >= 4 is 11.0 Å². The van der Waals surface area contributed by atoms with Gasteiger partial charge in [0.25, 0.3) is 0 Å². The molecule has 0 aliphatic heterocycles. The van der Waals surface area contributed by atoms with Crippen molar-refractivity contribution in [2.45, 2.75) is 27.0 Å². The van der Waals surface area contributed by atoms with Gasteiger partial charge in [-0.1, -0.05) is 6.07 Å². The fourth-order valence-electron chi connectivity index (χ4n) is 2.74. The largest absolute Gasteiger partial charge is 0.392 e. The minimum absolute atomic E-state index is 0.0467. The highest BCUT2D eigenvalue weighted by Gasteiger charge is 2.12. The highest BCUT2D eigenvalue weighted by atomic mass is 19.2. The summed E-state index contributed by atoms with van der Waals surface area (Å²) >= 11 is 0. The summed E-state index contributed by atoms with van der Waals surface area (Å²) < 4.78 is 28.2. The summed E-state index contributed by atoms with van der Waals surface area (Å²) in [6.45, 7) is 4.16. The Morgan fingerprint density at radius 3 is 2.59 bits per heavy atom. The molecule has 0 aliphatic rings. The molecule has 0 saturated heterocycles. The van der Waals surface area contributed by atoms with E-state index in [1.807, 2.05) is 30.7 Å². The molecule has 0 amide bonds. The molecule has 114 valence electrons. The summed E-state index contributed by atoms with van der Waals surface area (Å²) in [5.74, 6) is -1.70. The fourth-order valence-corrected chi connectivity index (χ4v) is 2.74. The minimum Gasteiger partial charge on any atom is -0.392 e. The monoisotopic (exact) mass is 302 g/mol. The van der Waals surface area contributed by atoms with Crippen molar-refractivity contribution in [1.29, 1.82) is 0 Å². The van der Waals surface area contributed by atoms with Gasteiger partial charge in [0.05, 0.1) is 6.61 Å². The highest BCUT2D eigenvalue weighted by Crippen LogP contribution is 2.24. The summed E-state index contributed by atoms with van der Waals surface area (Å²) in [5, 5.41) is 10.4. The van der Waals surface area contributed by atoms with Crippen molar-refractivity contribution in [3.05, 3.63) is 64.5 Å². The number of aliphatic hydroxyl groups excluding tert-OH is 1. The third-order valence-electron chi connectivity index (χ3n) is 4.00. The van der Waals surface area contributed by atoms with Gasteiger partial charge in [0, 0.05) is 29.4 Å². The van der Waals surface area contributed by atoms with Crippen LogP contribution in [0.2, 0.25) is 0 Å². The van der Waals surface area contributed by atoms with Crippen LogP contribution in [0.3, 0.4) is 0 Å². The molecule has 5 heteroatoms. The number of rotatable bonds is 3. The summed E-state index contributed by atoms with van der Waals surface area (Å²) in [4.78, 5) is 4.54. The molecule has 3 rings (SSSR count). The van der Waals surface area contributed by atoms with Crippen LogP contribution in [0.4, 0.5) is 8.78 Å². The van der Waals surface area contributed by atoms with Crippen LogP contribution in [0.5, 0.6) is 0 Å². The molecule has 0 saturated carbocycles. The maximum atomic E-state index is 13.3. The predicted molar refractivity (Wildman–Crippen MR) is 80.6 cm³/mol. The van der Waals surface area contributed by atoms with E-state index in [0.717, 1.165) is 33.9 Å². The molecular formula is C17H16F2N2O. The quantitative estimate of drug-likeness (QED) is 0.804. The molecule has 0 bridgehead atoms. The summed E-state index contributed by atoms with van der Waals surface area (Å²) in [7, 11) is 0. The molecule has 2 aromatic heterocycles. The van der Waals surface area contributed by atoms with Crippen LogP contribution in [-0.2, 0) is 13.2 Å². The topological polar surface area (TPSA) is 38.0 Å². The molecule has 0 spiro atoms. The average Bonchev–Trinajstić information content (AvgIpc) is 2.86. The van der Waals surface area contributed by atoms with Gasteiger partial charge < -0.3 is 9.67 Å². The molecule has 3 nitrogen and oxygen atoms in total. The van der Waals surface area contributed by atoms with Crippen molar-refractivity contribution in [1.82, 2.24) is 9.55 Å². The molecular weight excluding hydrogens is 286 g/mol. The van der Waals surface area contributed by atoms with E-state index < -0.39 is 11.6 Å². The maximum absolute atomic E-state index is 13.3. The SMILES string of the molecule is Cc1nc2c(ccn2Cc2ccc(F)c(F)c2)c(C)c1CO. The lowest BCUT2D eigenvalue weighted by Crippen LogP contribution is -2.03. The second-order valence-corrected chi connectivity index (χ2v) is 5.39. The van der Waals surface area contributed by atoms with Gasteiger partial charge in [0.2, 0.25) is 0 Å². The number of aliphatic hydroxyl groups is 1. The van der Waals surface area contributed by atoms with E-state index in [1.165, 1.54) is 6.07 Å². The van der Waals surface area contributed by atoms with E-state index in [9.17, 15) is 13.9 Å². The van der Waals surface area contributed by atoms with Crippen LogP contribution in [0.25, 0.3) is 11.0 Å². The van der Waals surface area contributed by atoms with Gasteiger partial charge >= 0.3 is 0 Å². The van der Waals surface area contributed by atoms with Crippen molar-refractivity contribution in [2.24, 2.45) is 0 Å². The number of aromatic nitrogens is 2. The zero-order chi connectivity index (χ0) is 15.9. The van der Waals surface area contributed by atoms with Gasteiger partial charge in [-0.2, -0.15) is 0 Å². The van der Waals surface area contributed by atoms with Crippen LogP contribution in [0.15, 0.2) is 30.5 Å². The summed E-state index contributed by atoms with van der Waals surface area (Å²) in [6, 6.07) is 5.81. The van der Waals surface area contributed by atoms with E-state index >= 15 is 0 Å². The van der Waals surface area contributed by atoms with Crippen LogP contribution >= 0.6 is 0 Å². The standard InChI is InChI=1S/C17H16F2N2O/c1-10-13-5-6-21(17(13)20-11(2)14(10)9-22)8-12-3-4-15(18)16(19)7-12/h3-7,22H,8-9H2,1-2H3. The molecule has 1 aromatic carbocycles. The Hall–Kier alpha value is -2.27. The van der Waals surface area contributed by atoms with E-state index in [1.54, 1.807) is 6.07 Å². The van der Waals surface area contributed by atoms with Gasteiger partial charge in [-0.25, -0.2) is 13.8 Å². The van der Waals surface area contributed by atoms with Gasteiger partial charge in [-0.15, -0.1) is 0 Å². The van der Waals surface area contributed by atoms with Gasteiger partial charge in [-0.05, 0) is 43.2 Å². The lowest BCUT2D eigenvalue weighted by atomic mass is 10.1. The first-order valence-electron chi connectivity index (χ1n) is 7.01. The highest BCUT2D eigenvalue weighted by molar-refractivity contribution is 5.81.